The minimum atomic E-state index is -3.08. The molecular weight excluding hydrogens is 234 g/mol. The van der Waals surface area contributed by atoms with E-state index in [0.717, 1.165) is 4.90 Å². The number of hydrogen-bond acceptors (Lipinski definition) is 5. The molecule has 1 saturated heterocycles. The molecule has 0 aromatic carbocycles. The van der Waals surface area contributed by atoms with Gasteiger partial charge in [0, 0.05) is 19.5 Å². The van der Waals surface area contributed by atoms with Crippen molar-refractivity contribution in [2.24, 2.45) is 0 Å². The van der Waals surface area contributed by atoms with Gasteiger partial charge in [0.05, 0.1) is 12.7 Å². The predicted octanol–water partition coefficient (Wildman–Crippen LogP) is -0.534. The third-order valence-corrected chi connectivity index (χ3v) is 2.90. The maximum atomic E-state index is 13.7. The Bertz CT molecular complexity index is 301. The van der Waals surface area contributed by atoms with Gasteiger partial charge in [-0.2, -0.15) is 0 Å². The fraction of sp³-hybridized carbons (Fsp3) is 0.800. The number of alkyl halides is 2. The van der Waals surface area contributed by atoms with E-state index in [-0.39, 0.29) is 6.54 Å². The number of hydrogen-bond donors (Lipinski definition) is 3. The van der Waals surface area contributed by atoms with Gasteiger partial charge in [0.2, 0.25) is 0 Å². The lowest BCUT2D eigenvalue weighted by Crippen LogP contribution is -2.54. The molecule has 0 radical (unpaired) electrons. The molecule has 5 nitrogen and oxygen atoms in total. The smallest absolute Gasteiger partial charge is 0.289 e. The Balaban J connectivity index is 2.12. The fourth-order valence-corrected chi connectivity index (χ4v) is 2.06. The van der Waals surface area contributed by atoms with Crippen molar-refractivity contribution < 1.29 is 23.7 Å². The van der Waals surface area contributed by atoms with Crippen LogP contribution < -0.4 is 5.32 Å². The van der Waals surface area contributed by atoms with Gasteiger partial charge in [-0.1, -0.05) is 12.2 Å². The van der Waals surface area contributed by atoms with Gasteiger partial charge in [-0.05, 0) is 0 Å². The van der Waals surface area contributed by atoms with Gasteiger partial charge in [0.1, 0.15) is 0 Å². The van der Waals surface area contributed by atoms with Gasteiger partial charge in [0.25, 0.3) is 5.92 Å². The average Bonchev–Trinajstić information content (AvgIpc) is 2.45. The van der Waals surface area contributed by atoms with Crippen LogP contribution in [0.1, 0.15) is 6.42 Å². The first-order valence-corrected chi connectivity index (χ1v) is 5.51. The second-order valence-electron chi connectivity index (χ2n) is 4.21. The second kappa shape index (κ2) is 4.95. The highest BCUT2D eigenvalue weighted by Crippen LogP contribution is 2.37. The monoisotopic (exact) mass is 250 g/mol. The van der Waals surface area contributed by atoms with Gasteiger partial charge in [-0.3, -0.25) is 5.32 Å². The fourth-order valence-electron chi connectivity index (χ4n) is 2.06. The van der Waals surface area contributed by atoms with Crippen LogP contribution >= 0.6 is 0 Å². The lowest BCUT2D eigenvalue weighted by Gasteiger charge is -2.33. The van der Waals surface area contributed by atoms with E-state index in [4.69, 9.17) is 9.84 Å². The summed E-state index contributed by atoms with van der Waals surface area (Å²) in [5, 5.41) is 21.2. The molecule has 1 unspecified atom stereocenters. The van der Waals surface area contributed by atoms with Crippen LogP contribution in [0.3, 0.4) is 0 Å². The van der Waals surface area contributed by atoms with Crippen molar-refractivity contribution in [1.29, 1.82) is 0 Å². The molecule has 2 aliphatic rings. The van der Waals surface area contributed by atoms with Crippen LogP contribution in [0.5, 0.6) is 0 Å². The van der Waals surface area contributed by atoms with Crippen molar-refractivity contribution in [2.45, 2.75) is 31.0 Å². The molecule has 0 aliphatic carbocycles. The molecule has 0 amide bonds. The lowest BCUT2D eigenvalue weighted by atomic mass is 10.2. The number of nitrogens with one attached hydrogen (secondary N) is 1. The van der Waals surface area contributed by atoms with Crippen LogP contribution in [0.2, 0.25) is 0 Å². The Morgan fingerprint density at radius 2 is 2.24 bits per heavy atom. The molecular formula is C10H16F2N2O3. The Kier molecular flexibility index (Phi) is 3.74. The molecule has 0 bridgehead atoms. The Labute approximate surface area is 97.7 Å². The summed E-state index contributed by atoms with van der Waals surface area (Å²) < 4.78 is 32.5. The van der Waals surface area contributed by atoms with Gasteiger partial charge in [0.15, 0.2) is 12.6 Å². The number of nitrogens with zero attached hydrogens (tertiary/aromatic N) is 1. The Hall–Kier alpha value is -0.600. The van der Waals surface area contributed by atoms with Gasteiger partial charge < -0.3 is 14.9 Å². The summed E-state index contributed by atoms with van der Waals surface area (Å²) in [4.78, 5) is 1.14. The third kappa shape index (κ3) is 2.63. The molecule has 17 heavy (non-hydrogen) atoms. The molecule has 2 rings (SSSR count). The van der Waals surface area contributed by atoms with Crippen molar-refractivity contribution in [3.63, 3.8) is 0 Å². The van der Waals surface area contributed by atoms with Crippen LogP contribution in [0, 0.1) is 0 Å². The van der Waals surface area contributed by atoms with Gasteiger partial charge >= 0.3 is 0 Å². The molecule has 2 aliphatic heterocycles. The van der Waals surface area contributed by atoms with E-state index in [0.29, 0.717) is 6.54 Å². The molecule has 3 N–H and O–H groups in total. The summed E-state index contributed by atoms with van der Waals surface area (Å²) in [6.45, 7) is 0.144. The summed E-state index contributed by atoms with van der Waals surface area (Å²) in [6, 6.07) is 0. The molecule has 0 aromatic rings. The zero-order valence-electron chi connectivity index (χ0n) is 9.22. The standard InChI is InChI=1S/C10H16F2N2O3/c11-10(12)5-7(6-15)17-8(10)14-4-2-1-3-13-9(14)16/h1-2,7-9,13,15-16H,3-6H2/t7-,8+,9?/m0/s1. The molecule has 3 atom stereocenters. The summed E-state index contributed by atoms with van der Waals surface area (Å²) in [5.41, 5.74) is 0. The number of aliphatic hydroxyl groups is 2. The average molecular weight is 250 g/mol. The van der Waals surface area contributed by atoms with Crippen molar-refractivity contribution in [3.05, 3.63) is 12.2 Å². The molecule has 2 heterocycles. The first kappa shape index (κ1) is 12.8. The summed E-state index contributed by atoms with van der Waals surface area (Å²) >= 11 is 0. The normalized spacial score (nSPS) is 38.2. The van der Waals surface area contributed by atoms with E-state index in [1.807, 2.05) is 0 Å². The van der Waals surface area contributed by atoms with Crippen LogP contribution in [-0.4, -0.2) is 59.4 Å². The van der Waals surface area contributed by atoms with Crippen LogP contribution in [0.4, 0.5) is 8.78 Å². The first-order valence-electron chi connectivity index (χ1n) is 5.51. The highest BCUT2D eigenvalue weighted by molar-refractivity contribution is 4.96. The van der Waals surface area contributed by atoms with Crippen molar-refractivity contribution in [3.8, 4) is 0 Å². The molecule has 98 valence electrons. The predicted molar refractivity (Wildman–Crippen MR) is 55.2 cm³/mol. The Morgan fingerprint density at radius 1 is 1.47 bits per heavy atom. The molecule has 1 fully saturated rings. The van der Waals surface area contributed by atoms with E-state index in [1.54, 1.807) is 12.2 Å². The minimum absolute atomic E-state index is 0.173. The van der Waals surface area contributed by atoms with Crippen molar-refractivity contribution in [1.82, 2.24) is 10.2 Å². The molecule has 0 saturated carbocycles. The van der Waals surface area contributed by atoms with Crippen LogP contribution in [-0.2, 0) is 4.74 Å². The third-order valence-electron chi connectivity index (χ3n) is 2.90. The maximum absolute atomic E-state index is 13.7. The summed E-state index contributed by atoms with van der Waals surface area (Å²) in [7, 11) is 0. The molecule has 0 spiro atoms. The van der Waals surface area contributed by atoms with Crippen molar-refractivity contribution >= 4 is 0 Å². The second-order valence-corrected chi connectivity index (χ2v) is 4.21. The SMILES string of the molecule is OC[C@@H]1CC(F)(F)[C@H](N2CC=CCNC2O)O1. The summed E-state index contributed by atoms with van der Waals surface area (Å²) in [5.74, 6) is -3.08. The van der Waals surface area contributed by atoms with Crippen molar-refractivity contribution in [2.75, 3.05) is 19.7 Å². The highest BCUT2D eigenvalue weighted by Gasteiger charge is 2.53. The number of halogens is 2. The van der Waals surface area contributed by atoms with E-state index < -0.39 is 37.6 Å². The van der Waals surface area contributed by atoms with Crippen LogP contribution in [0.25, 0.3) is 0 Å². The highest BCUT2D eigenvalue weighted by atomic mass is 19.3. The van der Waals surface area contributed by atoms with E-state index in [2.05, 4.69) is 5.32 Å². The quantitative estimate of drug-likeness (QED) is 0.575. The van der Waals surface area contributed by atoms with E-state index >= 15 is 0 Å². The zero-order valence-corrected chi connectivity index (χ0v) is 9.22. The lowest BCUT2D eigenvalue weighted by molar-refractivity contribution is -0.197. The topological polar surface area (TPSA) is 65.0 Å². The first-order chi connectivity index (χ1) is 8.04. The number of aliphatic hydroxyl groups excluding tert-OH is 2. The summed E-state index contributed by atoms with van der Waals surface area (Å²) in [6.07, 6.45) is -0.659. The van der Waals surface area contributed by atoms with Crippen LogP contribution in [0.15, 0.2) is 12.2 Å². The van der Waals surface area contributed by atoms with E-state index in [1.165, 1.54) is 0 Å². The Morgan fingerprint density at radius 3 is 2.88 bits per heavy atom. The molecule has 7 heteroatoms. The number of rotatable bonds is 2. The number of ether oxygens (including phenoxy) is 1. The van der Waals surface area contributed by atoms with Gasteiger partial charge in [-0.25, -0.2) is 13.7 Å². The van der Waals surface area contributed by atoms with Gasteiger partial charge in [-0.15, -0.1) is 0 Å². The van der Waals surface area contributed by atoms with E-state index in [9.17, 15) is 13.9 Å². The minimum Gasteiger partial charge on any atom is -0.394 e. The zero-order chi connectivity index (χ0) is 12.5. The molecule has 0 aromatic heterocycles. The largest absolute Gasteiger partial charge is 0.394 e. The maximum Gasteiger partial charge on any atom is 0.289 e.